The largest absolute Gasteiger partial charge is 0.394 e. The average Bonchev–Trinajstić information content (AvgIpc) is 2.36. The molecule has 4 nitrogen and oxygen atoms in total. The highest BCUT2D eigenvalue weighted by Crippen LogP contribution is 2.14. The zero-order valence-electron chi connectivity index (χ0n) is 10.5. The van der Waals surface area contributed by atoms with Gasteiger partial charge in [0.25, 0.3) is 5.91 Å². The molecule has 0 aliphatic heterocycles. The van der Waals surface area contributed by atoms with Crippen molar-refractivity contribution in [3.05, 3.63) is 35.1 Å². The number of aryl methyl sites for hydroxylation is 1. The third-order valence-corrected chi connectivity index (χ3v) is 3.09. The molecule has 0 heterocycles. The van der Waals surface area contributed by atoms with Crippen LogP contribution in [0.1, 0.15) is 29.3 Å². The number of amides is 1. The van der Waals surface area contributed by atoms with E-state index in [4.69, 9.17) is 0 Å². The molecular weight excluding hydrogens is 237 g/mol. The van der Waals surface area contributed by atoms with E-state index in [-0.39, 0.29) is 13.2 Å². The molecule has 0 radical (unpaired) electrons. The Labute approximate surface area is 105 Å². The summed E-state index contributed by atoms with van der Waals surface area (Å²) in [6.07, 6.45) is 0.395. The second-order valence-corrected chi connectivity index (χ2v) is 4.36. The smallest absolute Gasteiger partial charge is 0.252 e. The number of carbonyl (C=O) groups excluding carboxylic acids is 1. The lowest BCUT2D eigenvalue weighted by molar-refractivity contribution is 0.0652. The van der Waals surface area contributed by atoms with Crippen molar-refractivity contribution < 1.29 is 19.4 Å². The number of hydrogen-bond acceptors (Lipinski definition) is 3. The summed E-state index contributed by atoms with van der Waals surface area (Å²) in [4.78, 5) is 12.0. The minimum atomic E-state index is -1.04. The highest BCUT2D eigenvalue weighted by Gasteiger charge is 2.29. The van der Waals surface area contributed by atoms with Crippen LogP contribution in [-0.4, -0.2) is 34.9 Å². The summed E-state index contributed by atoms with van der Waals surface area (Å²) < 4.78 is 12.9. The number of benzene rings is 1. The maximum Gasteiger partial charge on any atom is 0.252 e. The van der Waals surface area contributed by atoms with Gasteiger partial charge in [-0.25, -0.2) is 4.39 Å². The normalized spacial score (nSPS) is 11.4. The lowest BCUT2D eigenvalue weighted by atomic mass is 9.97. The van der Waals surface area contributed by atoms with Gasteiger partial charge in [0.15, 0.2) is 0 Å². The molecule has 0 unspecified atom stereocenters. The lowest BCUT2D eigenvalue weighted by Gasteiger charge is -2.29. The lowest BCUT2D eigenvalue weighted by Crippen LogP contribution is -2.53. The Kier molecular flexibility index (Phi) is 4.81. The molecular formula is C13H18FNO3. The minimum Gasteiger partial charge on any atom is -0.394 e. The maximum atomic E-state index is 12.9. The quantitative estimate of drug-likeness (QED) is 0.735. The second-order valence-electron chi connectivity index (χ2n) is 4.36. The molecule has 1 amide bonds. The van der Waals surface area contributed by atoms with Gasteiger partial charge in [-0.2, -0.15) is 0 Å². The molecule has 1 rings (SSSR count). The molecule has 0 fully saturated rings. The van der Waals surface area contributed by atoms with Gasteiger partial charge in [-0.1, -0.05) is 6.92 Å². The fourth-order valence-corrected chi connectivity index (χ4v) is 1.63. The van der Waals surface area contributed by atoms with Gasteiger partial charge in [0, 0.05) is 5.56 Å². The van der Waals surface area contributed by atoms with Crippen molar-refractivity contribution in [2.75, 3.05) is 13.2 Å². The van der Waals surface area contributed by atoms with Crippen molar-refractivity contribution in [3.8, 4) is 0 Å². The highest BCUT2D eigenvalue weighted by atomic mass is 19.1. The second kappa shape index (κ2) is 5.93. The van der Waals surface area contributed by atoms with E-state index in [0.29, 0.717) is 17.5 Å². The highest BCUT2D eigenvalue weighted by molar-refractivity contribution is 5.96. The van der Waals surface area contributed by atoms with Crippen LogP contribution in [0.15, 0.2) is 18.2 Å². The van der Waals surface area contributed by atoms with Crippen LogP contribution < -0.4 is 5.32 Å². The predicted molar refractivity (Wildman–Crippen MR) is 65.8 cm³/mol. The topological polar surface area (TPSA) is 69.6 Å². The SMILES string of the molecule is CCC(CO)(CO)NC(=O)c1ccc(F)cc1C. The van der Waals surface area contributed by atoms with E-state index in [0.717, 1.165) is 0 Å². The molecule has 0 atom stereocenters. The Morgan fingerprint density at radius 1 is 1.39 bits per heavy atom. The molecule has 3 N–H and O–H groups in total. The molecule has 0 aromatic heterocycles. The van der Waals surface area contributed by atoms with E-state index in [2.05, 4.69) is 5.32 Å². The standard InChI is InChI=1S/C13H18FNO3/c1-3-13(7-16,8-17)15-12(18)11-5-4-10(14)6-9(11)2/h4-6,16-17H,3,7-8H2,1-2H3,(H,15,18). The van der Waals surface area contributed by atoms with E-state index in [1.54, 1.807) is 13.8 Å². The first-order valence-corrected chi connectivity index (χ1v) is 5.78. The summed E-state index contributed by atoms with van der Waals surface area (Å²) in [5.74, 6) is -0.840. The van der Waals surface area contributed by atoms with Gasteiger partial charge in [-0.15, -0.1) is 0 Å². The summed E-state index contributed by atoms with van der Waals surface area (Å²) in [7, 11) is 0. The summed E-state index contributed by atoms with van der Waals surface area (Å²) in [5, 5.41) is 21.1. The van der Waals surface area contributed by atoms with E-state index in [1.807, 2.05) is 0 Å². The number of hydrogen-bond donors (Lipinski definition) is 3. The molecule has 0 bridgehead atoms. The van der Waals surface area contributed by atoms with Crippen molar-refractivity contribution in [1.82, 2.24) is 5.32 Å². The molecule has 1 aromatic carbocycles. The fraction of sp³-hybridized carbons (Fsp3) is 0.462. The number of nitrogens with one attached hydrogen (secondary N) is 1. The van der Waals surface area contributed by atoms with Crippen molar-refractivity contribution in [2.24, 2.45) is 0 Å². The van der Waals surface area contributed by atoms with Crippen LogP contribution in [0.3, 0.4) is 0 Å². The van der Waals surface area contributed by atoms with Crippen molar-refractivity contribution >= 4 is 5.91 Å². The van der Waals surface area contributed by atoms with Gasteiger partial charge >= 0.3 is 0 Å². The van der Waals surface area contributed by atoms with Crippen molar-refractivity contribution in [3.63, 3.8) is 0 Å². The summed E-state index contributed by atoms with van der Waals surface area (Å²) in [6.45, 7) is 2.67. The van der Waals surface area contributed by atoms with Crippen molar-refractivity contribution in [2.45, 2.75) is 25.8 Å². The van der Waals surface area contributed by atoms with Crippen LogP contribution in [0.25, 0.3) is 0 Å². The molecule has 0 spiro atoms. The summed E-state index contributed by atoms with van der Waals surface area (Å²) in [6, 6.07) is 3.85. The third-order valence-electron chi connectivity index (χ3n) is 3.09. The van der Waals surface area contributed by atoms with Crippen LogP contribution in [0.2, 0.25) is 0 Å². The van der Waals surface area contributed by atoms with Crippen LogP contribution in [0, 0.1) is 12.7 Å². The van der Waals surface area contributed by atoms with Gasteiger partial charge in [0.1, 0.15) is 5.82 Å². The van der Waals surface area contributed by atoms with Crippen LogP contribution in [0.5, 0.6) is 0 Å². The van der Waals surface area contributed by atoms with Gasteiger partial charge in [0.05, 0.1) is 18.8 Å². The fourth-order valence-electron chi connectivity index (χ4n) is 1.63. The van der Waals surface area contributed by atoms with Crippen LogP contribution in [-0.2, 0) is 0 Å². The maximum absolute atomic E-state index is 12.9. The Morgan fingerprint density at radius 3 is 2.44 bits per heavy atom. The zero-order valence-corrected chi connectivity index (χ0v) is 10.5. The molecule has 0 aliphatic carbocycles. The number of halogens is 1. The van der Waals surface area contributed by atoms with Gasteiger partial charge < -0.3 is 15.5 Å². The molecule has 18 heavy (non-hydrogen) atoms. The first-order valence-electron chi connectivity index (χ1n) is 5.78. The van der Waals surface area contributed by atoms with E-state index < -0.39 is 17.3 Å². The first-order chi connectivity index (χ1) is 8.48. The summed E-state index contributed by atoms with van der Waals surface area (Å²) in [5.41, 5.74) is -0.206. The predicted octanol–water partition coefficient (Wildman–Crippen LogP) is 0.997. The zero-order chi connectivity index (χ0) is 13.8. The molecule has 0 saturated heterocycles. The van der Waals surface area contributed by atoms with E-state index in [9.17, 15) is 19.4 Å². The number of aliphatic hydroxyl groups excluding tert-OH is 2. The molecule has 5 heteroatoms. The Hall–Kier alpha value is -1.46. The average molecular weight is 255 g/mol. The molecule has 1 aromatic rings. The number of carbonyl (C=O) groups is 1. The van der Waals surface area contributed by atoms with Gasteiger partial charge in [-0.3, -0.25) is 4.79 Å². The Morgan fingerprint density at radius 2 is 2.00 bits per heavy atom. The van der Waals surface area contributed by atoms with E-state index >= 15 is 0 Å². The Balaban J connectivity index is 2.94. The monoisotopic (exact) mass is 255 g/mol. The van der Waals surface area contributed by atoms with Gasteiger partial charge in [-0.05, 0) is 37.1 Å². The number of aliphatic hydroxyl groups is 2. The Bertz CT molecular complexity index is 422. The van der Waals surface area contributed by atoms with Gasteiger partial charge in [0.2, 0.25) is 0 Å². The summed E-state index contributed by atoms with van der Waals surface area (Å²) >= 11 is 0. The molecule has 100 valence electrons. The number of rotatable bonds is 5. The molecule has 0 aliphatic rings. The van der Waals surface area contributed by atoms with Crippen LogP contribution in [0.4, 0.5) is 4.39 Å². The first kappa shape index (κ1) is 14.6. The van der Waals surface area contributed by atoms with Crippen LogP contribution >= 0.6 is 0 Å². The van der Waals surface area contributed by atoms with Crippen molar-refractivity contribution in [1.29, 1.82) is 0 Å². The minimum absolute atomic E-state index is 0.330. The molecule has 0 saturated carbocycles. The third kappa shape index (κ3) is 3.05. The van der Waals surface area contributed by atoms with E-state index in [1.165, 1.54) is 18.2 Å².